The van der Waals surface area contributed by atoms with Gasteiger partial charge in [-0.05, 0) is 6.92 Å². The fraction of sp³-hybridized carbons (Fsp3) is 1.00. The molecule has 0 spiro atoms. The summed E-state index contributed by atoms with van der Waals surface area (Å²) in [5.74, 6) is 0. The summed E-state index contributed by atoms with van der Waals surface area (Å²) < 4.78 is 5.23. The monoisotopic (exact) mass is 181 g/mol. The first-order valence-electron chi connectivity index (χ1n) is 3.72. The third kappa shape index (κ3) is 2.60. The van der Waals surface area contributed by atoms with E-state index in [1.165, 1.54) is 0 Å². The Labute approximate surface area is 73.5 Å². The van der Waals surface area contributed by atoms with Crippen molar-refractivity contribution in [2.45, 2.75) is 6.92 Å². The molecule has 3 nitrogen and oxygen atoms in total. The van der Waals surface area contributed by atoms with Gasteiger partial charge >= 0.3 is 0 Å². The van der Waals surface area contributed by atoms with Crippen LogP contribution in [0.25, 0.3) is 0 Å². The minimum absolute atomic E-state index is 0. The summed E-state index contributed by atoms with van der Waals surface area (Å²) in [6.07, 6.45) is 0. The molecule has 68 valence electrons. The van der Waals surface area contributed by atoms with E-state index in [1.54, 1.807) is 0 Å². The van der Waals surface area contributed by atoms with Gasteiger partial charge in [-0.2, -0.15) is 0 Å². The zero-order chi connectivity index (χ0) is 7.45. The van der Waals surface area contributed by atoms with Gasteiger partial charge < -0.3 is 15.2 Å². The van der Waals surface area contributed by atoms with Gasteiger partial charge in [0, 0.05) is 25.1 Å². The van der Waals surface area contributed by atoms with Crippen molar-refractivity contribution in [1.82, 2.24) is 5.32 Å². The maximum Gasteiger partial charge on any atom is 0.0568 e. The molecule has 0 amide bonds. The van der Waals surface area contributed by atoms with E-state index in [-0.39, 0.29) is 24.4 Å². The molecule has 1 aliphatic rings. The molecule has 1 heterocycles. The number of aliphatic hydroxyl groups excluding tert-OH is 1. The van der Waals surface area contributed by atoms with Crippen LogP contribution in [0.1, 0.15) is 6.92 Å². The summed E-state index contributed by atoms with van der Waals surface area (Å²) in [4.78, 5) is 0. The minimum atomic E-state index is 0. The van der Waals surface area contributed by atoms with Gasteiger partial charge in [0.25, 0.3) is 0 Å². The molecule has 1 rings (SSSR count). The highest BCUT2D eigenvalue weighted by molar-refractivity contribution is 5.85. The summed E-state index contributed by atoms with van der Waals surface area (Å²) in [6, 6.07) is 0. The normalized spacial score (nSPS) is 20.2. The van der Waals surface area contributed by atoms with Gasteiger partial charge in [0.15, 0.2) is 0 Å². The third-order valence-corrected chi connectivity index (χ3v) is 1.95. The predicted octanol–water partition coefficient (Wildman–Crippen LogP) is 0.0266. The number of aliphatic hydroxyl groups is 1. The standard InChI is InChI=1S/C7H15NO2.ClH/c1-2-10-6-7(5-9)3-8-4-7;/h8-9H,2-6H2,1H3;1H. The zero-order valence-corrected chi connectivity index (χ0v) is 7.62. The minimum Gasteiger partial charge on any atom is -0.396 e. The van der Waals surface area contributed by atoms with Gasteiger partial charge in [-0.15, -0.1) is 12.4 Å². The number of hydrogen-bond acceptors (Lipinski definition) is 3. The van der Waals surface area contributed by atoms with Crippen LogP contribution in [-0.4, -0.2) is 38.0 Å². The number of halogens is 1. The Morgan fingerprint density at radius 1 is 1.55 bits per heavy atom. The van der Waals surface area contributed by atoms with Crippen molar-refractivity contribution in [2.75, 3.05) is 32.9 Å². The summed E-state index contributed by atoms with van der Waals surface area (Å²) in [7, 11) is 0. The lowest BCUT2D eigenvalue weighted by molar-refractivity contribution is -0.0218. The van der Waals surface area contributed by atoms with Gasteiger partial charge in [0.2, 0.25) is 0 Å². The van der Waals surface area contributed by atoms with E-state index in [1.807, 2.05) is 6.92 Å². The lowest BCUT2D eigenvalue weighted by Gasteiger charge is -2.40. The smallest absolute Gasteiger partial charge is 0.0568 e. The topological polar surface area (TPSA) is 41.5 Å². The van der Waals surface area contributed by atoms with Gasteiger partial charge in [-0.3, -0.25) is 0 Å². The van der Waals surface area contributed by atoms with E-state index in [4.69, 9.17) is 9.84 Å². The van der Waals surface area contributed by atoms with Crippen LogP contribution < -0.4 is 5.32 Å². The fourth-order valence-electron chi connectivity index (χ4n) is 1.06. The van der Waals surface area contributed by atoms with Gasteiger partial charge in [0.05, 0.1) is 13.2 Å². The highest BCUT2D eigenvalue weighted by atomic mass is 35.5. The van der Waals surface area contributed by atoms with Gasteiger partial charge in [-0.25, -0.2) is 0 Å². The molecular formula is C7H16ClNO2. The molecule has 0 atom stereocenters. The van der Waals surface area contributed by atoms with Crippen molar-refractivity contribution in [3.63, 3.8) is 0 Å². The molecule has 0 aromatic heterocycles. The second-order valence-electron chi connectivity index (χ2n) is 2.90. The summed E-state index contributed by atoms with van der Waals surface area (Å²) >= 11 is 0. The maximum absolute atomic E-state index is 8.94. The number of rotatable bonds is 4. The lowest BCUT2D eigenvalue weighted by atomic mass is 9.84. The second kappa shape index (κ2) is 4.93. The van der Waals surface area contributed by atoms with Crippen LogP contribution in [0.15, 0.2) is 0 Å². The Hall–Kier alpha value is 0.170. The first-order chi connectivity index (χ1) is 4.83. The lowest BCUT2D eigenvalue weighted by Crippen LogP contribution is -2.58. The molecule has 0 saturated carbocycles. The molecule has 1 aliphatic heterocycles. The summed E-state index contributed by atoms with van der Waals surface area (Å²) in [6.45, 7) is 5.42. The van der Waals surface area contributed by atoms with Crippen LogP contribution in [0.2, 0.25) is 0 Å². The van der Waals surface area contributed by atoms with E-state index in [9.17, 15) is 0 Å². The molecule has 0 aromatic rings. The van der Waals surface area contributed by atoms with Crippen molar-refractivity contribution >= 4 is 12.4 Å². The van der Waals surface area contributed by atoms with Crippen molar-refractivity contribution in [2.24, 2.45) is 5.41 Å². The van der Waals surface area contributed by atoms with Crippen LogP contribution in [0.3, 0.4) is 0 Å². The molecule has 0 unspecified atom stereocenters. The van der Waals surface area contributed by atoms with E-state index in [0.717, 1.165) is 19.7 Å². The Bertz CT molecular complexity index is 101. The molecule has 0 aromatic carbocycles. The number of ether oxygens (including phenoxy) is 1. The number of nitrogens with one attached hydrogen (secondary N) is 1. The zero-order valence-electron chi connectivity index (χ0n) is 6.80. The van der Waals surface area contributed by atoms with Crippen molar-refractivity contribution in [1.29, 1.82) is 0 Å². The molecule has 4 heteroatoms. The molecule has 0 bridgehead atoms. The number of hydrogen-bond donors (Lipinski definition) is 2. The molecule has 1 saturated heterocycles. The van der Waals surface area contributed by atoms with Crippen molar-refractivity contribution in [3.8, 4) is 0 Å². The van der Waals surface area contributed by atoms with Crippen LogP contribution in [0.4, 0.5) is 0 Å². The van der Waals surface area contributed by atoms with Crippen LogP contribution in [0, 0.1) is 5.41 Å². The van der Waals surface area contributed by atoms with Crippen molar-refractivity contribution in [3.05, 3.63) is 0 Å². The van der Waals surface area contributed by atoms with Gasteiger partial charge in [0.1, 0.15) is 0 Å². The highest BCUT2D eigenvalue weighted by Crippen LogP contribution is 2.21. The quantitative estimate of drug-likeness (QED) is 0.643. The van der Waals surface area contributed by atoms with E-state index < -0.39 is 0 Å². The van der Waals surface area contributed by atoms with Crippen LogP contribution in [-0.2, 0) is 4.74 Å². The first-order valence-corrected chi connectivity index (χ1v) is 3.72. The summed E-state index contributed by atoms with van der Waals surface area (Å²) in [5, 5.41) is 12.1. The average Bonchev–Trinajstić information content (AvgIpc) is 1.87. The summed E-state index contributed by atoms with van der Waals surface area (Å²) in [5.41, 5.74) is 0.0377. The SMILES string of the molecule is CCOCC1(CO)CNC1.Cl. The predicted molar refractivity (Wildman–Crippen MR) is 46.1 cm³/mol. The van der Waals surface area contributed by atoms with Crippen LogP contribution in [0.5, 0.6) is 0 Å². The Morgan fingerprint density at radius 3 is 2.45 bits per heavy atom. The molecule has 0 radical (unpaired) electrons. The average molecular weight is 182 g/mol. The Balaban J connectivity index is 0.000001000. The molecular weight excluding hydrogens is 166 g/mol. The fourth-order valence-corrected chi connectivity index (χ4v) is 1.06. The molecule has 11 heavy (non-hydrogen) atoms. The Kier molecular flexibility index (Phi) is 5.01. The molecule has 2 N–H and O–H groups in total. The Morgan fingerprint density at radius 2 is 2.18 bits per heavy atom. The van der Waals surface area contributed by atoms with E-state index >= 15 is 0 Å². The van der Waals surface area contributed by atoms with E-state index in [2.05, 4.69) is 5.32 Å². The molecule has 1 fully saturated rings. The van der Waals surface area contributed by atoms with Crippen LogP contribution >= 0.6 is 12.4 Å². The first kappa shape index (κ1) is 11.2. The van der Waals surface area contributed by atoms with E-state index in [0.29, 0.717) is 6.61 Å². The highest BCUT2D eigenvalue weighted by Gasteiger charge is 2.36. The maximum atomic E-state index is 8.94. The molecule has 0 aliphatic carbocycles. The second-order valence-corrected chi connectivity index (χ2v) is 2.90. The largest absolute Gasteiger partial charge is 0.396 e. The third-order valence-electron chi connectivity index (χ3n) is 1.95. The van der Waals surface area contributed by atoms with Crippen molar-refractivity contribution < 1.29 is 9.84 Å². The van der Waals surface area contributed by atoms with Gasteiger partial charge in [-0.1, -0.05) is 0 Å².